The van der Waals surface area contributed by atoms with Crippen LogP contribution in [0.1, 0.15) is 32.8 Å². The van der Waals surface area contributed by atoms with Gasteiger partial charge in [0, 0.05) is 37.8 Å². The minimum absolute atomic E-state index is 0. The van der Waals surface area contributed by atoms with Crippen LogP contribution in [0.3, 0.4) is 0 Å². The summed E-state index contributed by atoms with van der Waals surface area (Å²) in [6.45, 7) is 12.0. The molecule has 2 N–H and O–H groups in total. The van der Waals surface area contributed by atoms with Gasteiger partial charge < -0.3 is 15.4 Å². The topological polar surface area (TPSA) is 48.9 Å². The standard InChI is InChI=1S/C20H33FN4O.HI/c1-4-22-20(23-14-17-7-5-6-8-19(17)21)24-15-18(13-16(2)3)25-9-11-26-12-10-25;/h5-8,16,18H,4,9-15H2,1-3H3,(H2,22,23,24);1H. The van der Waals surface area contributed by atoms with Crippen molar-refractivity contribution in [2.75, 3.05) is 39.4 Å². The summed E-state index contributed by atoms with van der Waals surface area (Å²) in [7, 11) is 0. The Kier molecular flexibility index (Phi) is 11.9. The first-order chi connectivity index (χ1) is 12.6. The predicted octanol–water partition coefficient (Wildman–Crippen LogP) is 3.25. The smallest absolute Gasteiger partial charge is 0.191 e. The molecule has 0 aliphatic carbocycles. The van der Waals surface area contributed by atoms with Crippen LogP contribution in [0.15, 0.2) is 29.3 Å². The molecule has 0 aromatic heterocycles. The quantitative estimate of drug-likeness (QED) is 0.333. The van der Waals surface area contributed by atoms with Crippen molar-refractivity contribution in [1.82, 2.24) is 15.5 Å². The van der Waals surface area contributed by atoms with Gasteiger partial charge in [0.1, 0.15) is 5.82 Å². The van der Waals surface area contributed by atoms with Gasteiger partial charge >= 0.3 is 0 Å². The molecule has 27 heavy (non-hydrogen) atoms. The molecule has 1 aliphatic rings. The normalized spacial score (nSPS) is 16.7. The van der Waals surface area contributed by atoms with Crippen LogP contribution in [0.4, 0.5) is 4.39 Å². The van der Waals surface area contributed by atoms with Crippen molar-refractivity contribution in [3.05, 3.63) is 35.6 Å². The second-order valence-electron chi connectivity index (χ2n) is 7.10. The number of nitrogens with zero attached hydrogens (tertiary/aromatic N) is 2. The summed E-state index contributed by atoms with van der Waals surface area (Å²) in [4.78, 5) is 7.05. The maximum absolute atomic E-state index is 13.8. The Labute approximate surface area is 180 Å². The number of morpholine rings is 1. The van der Waals surface area contributed by atoms with Crippen molar-refractivity contribution >= 4 is 29.9 Å². The number of hydrogen-bond donors (Lipinski definition) is 2. The Morgan fingerprint density at radius 3 is 2.56 bits per heavy atom. The van der Waals surface area contributed by atoms with Gasteiger partial charge in [0.25, 0.3) is 0 Å². The summed E-state index contributed by atoms with van der Waals surface area (Å²) in [5, 5.41) is 6.70. The van der Waals surface area contributed by atoms with Crippen LogP contribution >= 0.6 is 24.0 Å². The van der Waals surface area contributed by atoms with E-state index in [1.54, 1.807) is 12.1 Å². The van der Waals surface area contributed by atoms with Crippen molar-refractivity contribution < 1.29 is 9.13 Å². The van der Waals surface area contributed by atoms with E-state index in [2.05, 4.69) is 34.4 Å². The zero-order valence-electron chi connectivity index (χ0n) is 16.7. The summed E-state index contributed by atoms with van der Waals surface area (Å²) >= 11 is 0. The molecule has 7 heteroatoms. The van der Waals surface area contributed by atoms with E-state index in [4.69, 9.17) is 4.74 Å². The summed E-state index contributed by atoms with van der Waals surface area (Å²) < 4.78 is 19.3. The average molecular weight is 492 g/mol. The van der Waals surface area contributed by atoms with Gasteiger partial charge in [-0.2, -0.15) is 0 Å². The largest absolute Gasteiger partial charge is 0.379 e. The van der Waals surface area contributed by atoms with E-state index < -0.39 is 0 Å². The molecule has 1 aromatic carbocycles. The van der Waals surface area contributed by atoms with Crippen LogP contribution in [0.2, 0.25) is 0 Å². The van der Waals surface area contributed by atoms with Gasteiger partial charge in [-0.1, -0.05) is 32.0 Å². The van der Waals surface area contributed by atoms with Gasteiger partial charge in [0.15, 0.2) is 5.96 Å². The van der Waals surface area contributed by atoms with Crippen LogP contribution in [0, 0.1) is 11.7 Å². The van der Waals surface area contributed by atoms with Crippen LogP contribution in [-0.2, 0) is 11.3 Å². The van der Waals surface area contributed by atoms with Gasteiger partial charge in [-0.3, -0.25) is 4.90 Å². The fourth-order valence-corrected chi connectivity index (χ4v) is 3.20. The lowest BCUT2D eigenvalue weighted by Crippen LogP contribution is -2.51. The Bertz CT molecular complexity index is 565. The number of ether oxygens (including phenoxy) is 1. The first-order valence-corrected chi connectivity index (χ1v) is 9.67. The van der Waals surface area contributed by atoms with Crippen molar-refractivity contribution in [2.45, 2.75) is 39.8 Å². The first kappa shape index (κ1) is 24.1. The third-order valence-corrected chi connectivity index (χ3v) is 4.52. The number of nitrogens with one attached hydrogen (secondary N) is 2. The van der Waals surface area contributed by atoms with Crippen molar-refractivity contribution in [3.8, 4) is 0 Å². The Morgan fingerprint density at radius 2 is 1.93 bits per heavy atom. The highest BCUT2D eigenvalue weighted by Crippen LogP contribution is 2.13. The number of hydrogen-bond acceptors (Lipinski definition) is 3. The van der Waals surface area contributed by atoms with E-state index in [1.807, 2.05) is 13.0 Å². The molecule has 0 amide bonds. The summed E-state index contributed by atoms with van der Waals surface area (Å²) in [5.74, 6) is 1.15. The number of aliphatic imine (C=N–C) groups is 1. The fourth-order valence-electron chi connectivity index (χ4n) is 3.20. The van der Waals surface area contributed by atoms with Crippen LogP contribution in [-0.4, -0.2) is 56.3 Å². The van der Waals surface area contributed by atoms with E-state index in [9.17, 15) is 4.39 Å². The minimum atomic E-state index is -0.210. The highest BCUT2D eigenvalue weighted by atomic mass is 127. The maximum Gasteiger partial charge on any atom is 0.191 e. The third-order valence-electron chi connectivity index (χ3n) is 4.52. The molecule has 0 radical (unpaired) electrons. The highest BCUT2D eigenvalue weighted by molar-refractivity contribution is 14.0. The number of halogens is 2. The molecule has 0 saturated carbocycles. The molecule has 154 valence electrons. The van der Waals surface area contributed by atoms with Gasteiger partial charge in [0.2, 0.25) is 0 Å². The van der Waals surface area contributed by atoms with E-state index in [-0.39, 0.29) is 29.8 Å². The molecule has 1 saturated heterocycles. The molecule has 0 bridgehead atoms. The number of rotatable bonds is 8. The molecular weight excluding hydrogens is 458 g/mol. The van der Waals surface area contributed by atoms with E-state index >= 15 is 0 Å². The van der Waals surface area contributed by atoms with Gasteiger partial charge in [-0.15, -0.1) is 24.0 Å². The van der Waals surface area contributed by atoms with E-state index in [1.165, 1.54) is 6.07 Å². The molecule has 1 aliphatic heterocycles. The average Bonchev–Trinajstić information content (AvgIpc) is 2.64. The second kappa shape index (κ2) is 13.3. The number of benzene rings is 1. The summed E-state index contributed by atoms with van der Waals surface area (Å²) in [5.41, 5.74) is 0.608. The Morgan fingerprint density at radius 1 is 1.22 bits per heavy atom. The molecule has 0 spiro atoms. The third kappa shape index (κ3) is 8.74. The van der Waals surface area contributed by atoms with Crippen LogP contribution < -0.4 is 10.6 Å². The second-order valence-corrected chi connectivity index (χ2v) is 7.10. The fraction of sp³-hybridized carbons (Fsp3) is 0.650. The molecule has 5 nitrogen and oxygen atoms in total. The molecule has 1 atom stereocenters. The number of guanidine groups is 1. The van der Waals surface area contributed by atoms with Crippen molar-refractivity contribution in [1.29, 1.82) is 0 Å². The van der Waals surface area contributed by atoms with E-state index in [0.717, 1.165) is 51.8 Å². The SMILES string of the molecule is CCNC(=NCc1ccccc1F)NCC(CC(C)C)N1CCOCC1.I. The van der Waals surface area contributed by atoms with Crippen LogP contribution in [0.5, 0.6) is 0 Å². The lowest BCUT2D eigenvalue weighted by Gasteiger charge is -2.35. The first-order valence-electron chi connectivity index (χ1n) is 9.67. The Balaban J connectivity index is 0.00000364. The summed E-state index contributed by atoms with van der Waals surface area (Å²) in [6.07, 6.45) is 1.12. The van der Waals surface area contributed by atoms with Gasteiger partial charge in [-0.05, 0) is 25.3 Å². The minimum Gasteiger partial charge on any atom is -0.379 e. The summed E-state index contributed by atoms with van der Waals surface area (Å²) in [6, 6.07) is 7.23. The highest BCUT2D eigenvalue weighted by Gasteiger charge is 2.22. The zero-order chi connectivity index (χ0) is 18.8. The zero-order valence-corrected chi connectivity index (χ0v) is 19.0. The molecule has 1 unspecified atom stereocenters. The monoisotopic (exact) mass is 492 g/mol. The van der Waals surface area contributed by atoms with Gasteiger partial charge in [0.05, 0.1) is 19.8 Å². The lowest BCUT2D eigenvalue weighted by atomic mass is 10.0. The lowest BCUT2D eigenvalue weighted by molar-refractivity contribution is 0.0132. The molecular formula is C20H34FIN4O. The maximum atomic E-state index is 13.8. The molecule has 2 rings (SSSR count). The van der Waals surface area contributed by atoms with Crippen LogP contribution in [0.25, 0.3) is 0 Å². The molecule has 1 aromatic rings. The van der Waals surface area contributed by atoms with Crippen molar-refractivity contribution in [2.24, 2.45) is 10.9 Å². The van der Waals surface area contributed by atoms with E-state index in [0.29, 0.717) is 24.1 Å². The predicted molar refractivity (Wildman–Crippen MR) is 120 cm³/mol. The molecule has 1 heterocycles. The van der Waals surface area contributed by atoms with Gasteiger partial charge in [-0.25, -0.2) is 9.38 Å². The van der Waals surface area contributed by atoms with Crippen molar-refractivity contribution in [3.63, 3.8) is 0 Å². The molecule has 1 fully saturated rings. The Hall–Kier alpha value is -0.930.